The van der Waals surface area contributed by atoms with Gasteiger partial charge in [0.25, 0.3) is 11.1 Å². The van der Waals surface area contributed by atoms with Gasteiger partial charge in [-0.25, -0.2) is 0 Å². The van der Waals surface area contributed by atoms with Crippen molar-refractivity contribution in [2.75, 3.05) is 25.5 Å². The highest BCUT2D eigenvalue weighted by atomic mass is 35.5. The highest BCUT2D eigenvalue weighted by Crippen LogP contribution is 2.27. The van der Waals surface area contributed by atoms with E-state index in [0.29, 0.717) is 18.4 Å². The molecule has 1 amide bonds. The molecule has 2 aliphatic rings. The third-order valence-corrected chi connectivity index (χ3v) is 7.41. The predicted molar refractivity (Wildman–Crippen MR) is 137 cm³/mol. The maximum atomic E-state index is 13.3. The molecule has 1 aliphatic carbocycles. The van der Waals surface area contributed by atoms with Gasteiger partial charge in [0.1, 0.15) is 6.04 Å². The fourth-order valence-electron chi connectivity index (χ4n) is 4.62. The van der Waals surface area contributed by atoms with Crippen molar-refractivity contribution in [2.45, 2.75) is 62.8 Å². The Labute approximate surface area is 217 Å². The molecule has 1 atom stereocenters. The first-order valence-corrected chi connectivity index (χ1v) is 13.3. The molecule has 1 saturated heterocycles. The van der Waals surface area contributed by atoms with Crippen LogP contribution in [0.25, 0.3) is 0 Å². The molecular formula is C25H35ClN4O4S. The molecule has 2 aromatic rings. The van der Waals surface area contributed by atoms with Crippen LogP contribution in [0.1, 0.15) is 61.2 Å². The van der Waals surface area contributed by atoms with Crippen LogP contribution in [0.2, 0.25) is 0 Å². The Kier molecular flexibility index (Phi) is 11.5. The number of benzene rings is 1. The normalized spacial score (nSPS) is 17.9. The highest BCUT2D eigenvalue weighted by Gasteiger charge is 2.36. The van der Waals surface area contributed by atoms with Crippen molar-refractivity contribution in [1.82, 2.24) is 20.8 Å². The van der Waals surface area contributed by atoms with Crippen molar-refractivity contribution in [1.29, 1.82) is 0 Å². The first-order valence-electron chi connectivity index (χ1n) is 12.3. The van der Waals surface area contributed by atoms with E-state index in [2.05, 4.69) is 33.0 Å². The molecule has 1 unspecified atom stereocenters. The fourth-order valence-corrected chi connectivity index (χ4v) is 5.28. The number of carbonyl (C=O) groups excluding carboxylic acids is 2. The zero-order valence-corrected chi connectivity index (χ0v) is 21.6. The summed E-state index contributed by atoms with van der Waals surface area (Å²) in [6.45, 7) is 2.75. The van der Waals surface area contributed by atoms with E-state index >= 15 is 0 Å². The third kappa shape index (κ3) is 8.31. The van der Waals surface area contributed by atoms with Gasteiger partial charge in [0.2, 0.25) is 11.7 Å². The summed E-state index contributed by atoms with van der Waals surface area (Å²) in [5.41, 5.74) is 1.23. The number of rotatable bonds is 11. The van der Waals surface area contributed by atoms with Crippen molar-refractivity contribution in [3.05, 3.63) is 41.8 Å². The van der Waals surface area contributed by atoms with E-state index < -0.39 is 6.04 Å². The number of thioether (sulfide) groups is 1. The minimum atomic E-state index is -0.649. The lowest BCUT2D eigenvalue weighted by atomic mass is 9.86. The largest absolute Gasteiger partial charge is 0.408 e. The zero-order valence-electron chi connectivity index (χ0n) is 19.9. The number of halogens is 1. The Hall–Kier alpha value is -1.94. The Morgan fingerprint density at radius 3 is 2.51 bits per heavy atom. The van der Waals surface area contributed by atoms with Crippen molar-refractivity contribution in [3.8, 4) is 0 Å². The molecule has 4 rings (SSSR count). The van der Waals surface area contributed by atoms with Crippen LogP contribution in [0.15, 0.2) is 40.0 Å². The van der Waals surface area contributed by atoms with Crippen LogP contribution in [0, 0.1) is 11.8 Å². The van der Waals surface area contributed by atoms with Crippen molar-refractivity contribution >= 4 is 35.9 Å². The molecule has 1 aromatic carbocycles. The second kappa shape index (κ2) is 14.6. The van der Waals surface area contributed by atoms with Gasteiger partial charge in [-0.15, -0.1) is 22.6 Å². The van der Waals surface area contributed by atoms with Crippen LogP contribution in [-0.4, -0.2) is 53.4 Å². The SMILES string of the molecule is Cl.O=C(NC(C(=O)c1nnc(SCCNCc2ccccc2)o1)C1CCOCC1)C1CCCCC1. The average molecular weight is 523 g/mol. The Morgan fingerprint density at radius 1 is 1.03 bits per heavy atom. The van der Waals surface area contributed by atoms with Gasteiger partial charge in [0.05, 0.1) is 0 Å². The third-order valence-electron chi connectivity index (χ3n) is 6.59. The van der Waals surface area contributed by atoms with Crippen molar-refractivity contribution < 1.29 is 18.7 Å². The molecule has 2 fully saturated rings. The molecule has 2 N–H and O–H groups in total. The van der Waals surface area contributed by atoms with E-state index in [1.54, 1.807) is 0 Å². The molecule has 0 spiro atoms. The van der Waals surface area contributed by atoms with E-state index in [9.17, 15) is 9.59 Å². The lowest BCUT2D eigenvalue weighted by Crippen LogP contribution is -2.49. The number of nitrogens with one attached hydrogen (secondary N) is 2. The Bertz CT molecular complexity index is 917. The number of aromatic nitrogens is 2. The molecule has 35 heavy (non-hydrogen) atoms. The van der Waals surface area contributed by atoms with Gasteiger partial charge in [-0.2, -0.15) is 0 Å². The predicted octanol–water partition coefficient (Wildman–Crippen LogP) is 4.05. The summed E-state index contributed by atoms with van der Waals surface area (Å²) in [6, 6.07) is 9.56. The number of carbonyl (C=O) groups is 2. The lowest BCUT2D eigenvalue weighted by Gasteiger charge is -2.31. The lowest BCUT2D eigenvalue weighted by molar-refractivity contribution is -0.127. The smallest absolute Gasteiger partial charge is 0.286 e. The van der Waals surface area contributed by atoms with E-state index in [-0.39, 0.29) is 41.8 Å². The van der Waals surface area contributed by atoms with Gasteiger partial charge in [-0.1, -0.05) is 61.4 Å². The van der Waals surface area contributed by atoms with Gasteiger partial charge in [-0.3, -0.25) is 9.59 Å². The second-order valence-corrected chi connectivity index (χ2v) is 10.1. The van der Waals surface area contributed by atoms with Gasteiger partial charge in [-0.05, 0) is 37.2 Å². The molecule has 0 bridgehead atoms. The van der Waals surface area contributed by atoms with Crippen molar-refractivity contribution in [3.63, 3.8) is 0 Å². The zero-order chi connectivity index (χ0) is 23.6. The summed E-state index contributed by atoms with van der Waals surface area (Å²) in [4.78, 5) is 26.3. The Balaban J connectivity index is 0.00000342. The minimum absolute atomic E-state index is 0. The van der Waals surface area contributed by atoms with Crippen LogP contribution >= 0.6 is 24.2 Å². The molecule has 1 aliphatic heterocycles. The number of Topliss-reactive ketones (excluding diaryl/α,β-unsaturated/α-hetero) is 1. The highest BCUT2D eigenvalue weighted by molar-refractivity contribution is 7.99. The van der Waals surface area contributed by atoms with Crippen LogP contribution in [0.4, 0.5) is 0 Å². The van der Waals surface area contributed by atoms with Crippen LogP contribution in [0.3, 0.4) is 0 Å². The summed E-state index contributed by atoms with van der Waals surface area (Å²) in [5.74, 6) is 0.394. The molecule has 1 aromatic heterocycles. The summed E-state index contributed by atoms with van der Waals surface area (Å²) in [7, 11) is 0. The molecule has 10 heteroatoms. The summed E-state index contributed by atoms with van der Waals surface area (Å²) >= 11 is 1.42. The molecule has 8 nitrogen and oxygen atoms in total. The average Bonchev–Trinajstić information content (AvgIpc) is 3.37. The van der Waals surface area contributed by atoms with Crippen LogP contribution in [0.5, 0.6) is 0 Å². The topological polar surface area (TPSA) is 106 Å². The molecule has 192 valence electrons. The first-order chi connectivity index (χ1) is 16.7. The molecule has 1 saturated carbocycles. The first kappa shape index (κ1) is 27.6. The van der Waals surface area contributed by atoms with Gasteiger partial charge in [0, 0.05) is 38.0 Å². The van der Waals surface area contributed by atoms with E-state index in [1.807, 2.05) is 18.2 Å². The van der Waals surface area contributed by atoms with E-state index in [0.717, 1.165) is 57.4 Å². The van der Waals surface area contributed by atoms with Crippen LogP contribution in [-0.2, 0) is 16.1 Å². The number of nitrogens with zero attached hydrogens (tertiary/aromatic N) is 2. The Morgan fingerprint density at radius 2 is 1.77 bits per heavy atom. The maximum absolute atomic E-state index is 13.3. The number of ketones is 1. The minimum Gasteiger partial charge on any atom is -0.408 e. The fraction of sp³-hybridized carbons (Fsp3) is 0.600. The van der Waals surface area contributed by atoms with Gasteiger partial charge >= 0.3 is 0 Å². The standard InChI is InChI=1S/C25H34N4O4S.ClH/c30-22(21(19-11-14-32-15-12-19)27-23(31)20-9-5-2-6-10-20)24-28-29-25(33-24)34-16-13-26-17-18-7-3-1-4-8-18;/h1,3-4,7-8,19-21,26H,2,5-6,9-17H2,(H,27,31);1H. The maximum Gasteiger partial charge on any atom is 0.286 e. The quantitative estimate of drug-likeness (QED) is 0.258. The summed E-state index contributed by atoms with van der Waals surface area (Å²) in [6.07, 6.45) is 6.54. The van der Waals surface area contributed by atoms with Crippen LogP contribution < -0.4 is 10.6 Å². The summed E-state index contributed by atoms with van der Waals surface area (Å²) in [5, 5.41) is 14.9. The number of hydrogen-bond acceptors (Lipinski definition) is 8. The van der Waals surface area contributed by atoms with Gasteiger partial charge in [0.15, 0.2) is 0 Å². The van der Waals surface area contributed by atoms with E-state index in [1.165, 1.54) is 23.7 Å². The molecular weight excluding hydrogens is 488 g/mol. The van der Waals surface area contributed by atoms with Crippen molar-refractivity contribution in [2.24, 2.45) is 11.8 Å². The number of ether oxygens (including phenoxy) is 1. The van der Waals surface area contributed by atoms with Gasteiger partial charge < -0.3 is 19.8 Å². The number of amides is 1. The van der Waals surface area contributed by atoms with E-state index in [4.69, 9.17) is 9.15 Å². The summed E-state index contributed by atoms with van der Waals surface area (Å²) < 4.78 is 11.2. The monoisotopic (exact) mass is 522 g/mol. The number of hydrogen-bond donors (Lipinski definition) is 2. The molecule has 2 heterocycles. The molecule has 0 radical (unpaired) electrons. The second-order valence-electron chi connectivity index (χ2n) is 9.02.